The van der Waals surface area contributed by atoms with E-state index in [-0.39, 0.29) is 12.1 Å². The van der Waals surface area contributed by atoms with Crippen LogP contribution in [0.1, 0.15) is 162 Å². The third-order valence-electron chi connectivity index (χ3n) is 10.5. The predicted molar refractivity (Wildman–Crippen MR) is 167 cm³/mol. The van der Waals surface area contributed by atoms with Gasteiger partial charge in [0.1, 0.15) is 6.10 Å². The Labute approximate surface area is 244 Å². The van der Waals surface area contributed by atoms with E-state index in [1.54, 1.807) is 32.1 Å². The van der Waals surface area contributed by atoms with Crippen molar-refractivity contribution in [2.24, 2.45) is 35.5 Å². The van der Waals surface area contributed by atoms with Crippen LogP contribution >= 0.6 is 0 Å². The smallest absolute Gasteiger partial charge is 0.306 e. The maximum Gasteiger partial charge on any atom is 0.306 e. The highest BCUT2D eigenvalue weighted by Crippen LogP contribution is 2.58. The molecule has 0 saturated heterocycles. The molecule has 3 nitrogen and oxygen atoms in total. The van der Waals surface area contributed by atoms with Gasteiger partial charge in [-0.2, -0.15) is 0 Å². The third-order valence-corrected chi connectivity index (χ3v) is 10.5. The predicted octanol–water partition coefficient (Wildman–Crippen LogP) is 10.2. The number of rotatable bonds is 26. The number of carbonyl (C=O) groups excluding carboxylic acids is 1. The summed E-state index contributed by atoms with van der Waals surface area (Å²) >= 11 is 0. The lowest BCUT2D eigenvalue weighted by Crippen LogP contribution is -2.20. The van der Waals surface area contributed by atoms with Crippen molar-refractivity contribution in [2.45, 2.75) is 168 Å². The Kier molecular flexibility index (Phi) is 15.9. The van der Waals surface area contributed by atoms with Crippen molar-refractivity contribution in [3.05, 3.63) is 0 Å². The molecule has 0 bridgehead atoms. The summed E-state index contributed by atoms with van der Waals surface area (Å²) in [6.07, 6.45) is 30.5. The number of hydrogen-bond acceptors (Lipinski definition) is 3. The largest absolute Gasteiger partial charge is 0.462 e. The van der Waals surface area contributed by atoms with Gasteiger partial charge in [0, 0.05) is 6.42 Å². The molecule has 7 unspecified atom stereocenters. The average Bonchev–Trinajstić information content (AvgIpc) is 3.83. The summed E-state index contributed by atoms with van der Waals surface area (Å²) in [6.45, 7) is 5.61. The van der Waals surface area contributed by atoms with Crippen molar-refractivity contribution >= 4 is 5.97 Å². The summed E-state index contributed by atoms with van der Waals surface area (Å²) in [6, 6.07) is 0. The first-order valence-corrected chi connectivity index (χ1v) is 17.8. The zero-order valence-corrected chi connectivity index (χ0v) is 26.8. The van der Waals surface area contributed by atoms with Gasteiger partial charge < -0.3 is 9.64 Å². The lowest BCUT2D eigenvalue weighted by molar-refractivity contribution is -0.150. The fourth-order valence-corrected chi connectivity index (χ4v) is 7.40. The Morgan fingerprint density at radius 2 is 1.18 bits per heavy atom. The number of carbonyl (C=O) groups is 1. The maximum atomic E-state index is 12.4. The van der Waals surface area contributed by atoms with E-state index in [0.29, 0.717) is 6.42 Å². The van der Waals surface area contributed by atoms with Crippen LogP contribution in [0.3, 0.4) is 0 Å². The molecule has 39 heavy (non-hydrogen) atoms. The summed E-state index contributed by atoms with van der Waals surface area (Å²) < 4.78 is 5.96. The molecule has 3 aliphatic rings. The van der Waals surface area contributed by atoms with E-state index in [1.807, 2.05) is 0 Å². The van der Waals surface area contributed by atoms with Gasteiger partial charge >= 0.3 is 5.97 Å². The van der Waals surface area contributed by atoms with Crippen LogP contribution in [0, 0.1) is 35.5 Å². The van der Waals surface area contributed by atoms with Crippen LogP contribution in [0.15, 0.2) is 0 Å². The molecule has 3 aliphatic carbocycles. The minimum atomic E-state index is 0.0245. The molecule has 7 atom stereocenters. The Hall–Kier alpha value is -0.570. The van der Waals surface area contributed by atoms with Gasteiger partial charge in [-0.05, 0) is 120 Å². The highest BCUT2D eigenvalue weighted by Gasteiger charge is 2.48. The topological polar surface area (TPSA) is 29.5 Å². The SMILES string of the molecule is CCCCCCCCC(CCCCCCCCC1CC1CC1CC1CC1CC1CC)OC(=O)CCCN(C)C. The zero-order chi connectivity index (χ0) is 27.9. The minimum absolute atomic E-state index is 0.0245. The first kappa shape index (κ1) is 32.9. The number of esters is 1. The molecule has 0 aromatic heterocycles. The molecule has 3 rings (SSSR count). The minimum Gasteiger partial charge on any atom is -0.462 e. The van der Waals surface area contributed by atoms with E-state index in [0.717, 1.165) is 61.3 Å². The number of unbranched alkanes of at least 4 members (excludes halogenated alkanes) is 10. The van der Waals surface area contributed by atoms with Gasteiger partial charge in [-0.3, -0.25) is 4.79 Å². The molecule has 0 aromatic carbocycles. The van der Waals surface area contributed by atoms with Gasteiger partial charge in [-0.15, -0.1) is 0 Å². The molecule has 3 saturated carbocycles. The molecule has 0 N–H and O–H groups in total. The molecular formula is C36H67NO2. The van der Waals surface area contributed by atoms with Gasteiger partial charge in [-0.25, -0.2) is 0 Å². The Balaban J connectivity index is 1.15. The second kappa shape index (κ2) is 18.8. The molecular weight excluding hydrogens is 478 g/mol. The van der Waals surface area contributed by atoms with Crippen LogP contribution in [0.4, 0.5) is 0 Å². The molecule has 0 spiro atoms. The molecule has 0 heterocycles. The number of nitrogens with zero attached hydrogens (tertiary/aromatic N) is 1. The highest BCUT2D eigenvalue weighted by atomic mass is 16.5. The second-order valence-corrected chi connectivity index (χ2v) is 14.4. The summed E-state index contributed by atoms with van der Waals surface area (Å²) in [5, 5.41) is 0. The summed E-state index contributed by atoms with van der Waals surface area (Å²) in [5.41, 5.74) is 0. The van der Waals surface area contributed by atoms with Crippen LogP contribution in [0.2, 0.25) is 0 Å². The Bertz CT molecular complexity index is 648. The Morgan fingerprint density at radius 3 is 1.77 bits per heavy atom. The quantitative estimate of drug-likeness (QED) is 0.0799. The molecule has 3 fully saturated rings. The van der Waals surface area contributed by atoms with Crippen LogP contribution in [-0.2, 0) is 9.53 Å². The molecule has 0 aliphatic heterocycles. The molecule has 228 valence electrons. The lowest BCUT2D eigenvalue weighted by atomic mass is 10.0. The summed E-state index contributed by atoms with van der Waals surface area (Å²) in [7, 11) is 4.13. The first-order chi connectivity index (χ1) is 19.0. The van der Waals surface area contributed by atoms with Gasteiger partial charge in [0.15, 0.2) is 0 Å². The lowest BCUT2D eigenvalue weighted by Gasteiger charge is -2.18. The third kappa shape index (κ3) is 14.8. The monoisotopic (exact) mass is 546 g/mol. The Morgan fingerprint density at radius 1 is 0.667 bits per heavy atom. The molecule has 0 aromatic rings. The van der Waals surface area contributed by atoms with Gasteiger partial charge in [-0.1, -0.05) is 90.9 Å². The fraction of sp³-hybridized carbons (Fsp3) is 0.972. The molecule has 3 heteroatoms. The normalized spacial score (nSPS) is 28.0. The average molecular weight is 546 g/mol. The summed E-state index contributed by atoms with van der Waals surface area (Å²) in [5.74, 6) is 6.70. The number of ether oxygens (including phenoxy) is 1. The number of hydrogen-bond donors (Lipinski definition) is 0. The molecule has 0 amide bonds. The van der Waals surface area contributed by atoms with Crippen molar-refractivity contribution < 1.29 is 9.53 Å². The second-order valence-electron chi connectivity index (χ2n) is 14.4. The van der Waals surface area contributed by atoms with Crippen molar-refractivity contribution in [1.29, 1.82) is 0 Å². The van der Waals surface area contributed by atoms with E-state index in [4.69, 9.17) is 4.74 Å². The first-order valence-electron chi connectivity index (χ1n) is 17.8. The zero-order valence-electron chi connectivity index (χ0n) is 26.8. The van der Waals surface area contributed by atoms with E-state index in [9.17, 15) is 4.79 Å². The van der Waals surface area contributed by atoms with Crippen molar-refractivity contribution in [1.82, 2.24) is 4.90 Å². The van der Waals surface area contributed by atoms with E-state index in [1.165, 1.54) is 89.9 Å². The van der Waals surface area contributed by atoms with Crippen LogP contribution in [0.5, 0.6) is 0 Å². The van der Waals surface area contributed by atoms with E-state index >= 15 is 0 Å². The van der Waals surface area contributed by atoms with Crippen LogP contribution < -0.4 is 0 Å². The van der Waals surface area contributed by atoms with Crippen LogP contribution in [0.25, 0.3) is 0 Å². The highest BCUT2D eigenvalue weighted by molar-refractivity contribution is 5.69. The van der Waals surface area contributed by atoms with Gasteiger partial charge in [0.2, 0.25) is 0 Å². The van der Waals surface area contributed by atoms with Gasteiger partial charge in [0.05, 0.1) is 0 Å². The van der Waals surface area contributed by atoms with E-state index in [2.05, 4.69) is 32.8 Å². The van der Waals surface area contributed by atoms with Crippen molar-refractivity contribution in [3.8, 4) is 0 Å². The fourth-order valence-electron chi connectivity index (χ4n) is 7.40. The van der Waals surface area contributed by atoms with Crippen molar-refractivity contribution in [3.63, 3.8) is 0 Å². The van der Waals surface area contributed by atoms with Crippen LogP contribution in [-0.4, -0.2) is 37.6 Å². The van der Waals surface area contributed by atoms with Crippen molar-refractivity contribution in [2.75, 3.05) is 20.6 Å². The molecule has 0 radical (unpaired) electrons. The maximum absolute atomic E-state index is 12.4. The summed E-state index contributed by atoms with van der Waals surface area (Å²) in [4.78, 5) is 14.5. The van der Waals surface area contributed by atoms with Gasteiger partial charge in [0.25, 0.3) is 0 Å². The van der Waals surface area contributed by atoms with E-state index < -0.39 is 0 Å². The standard InChI is InChI=1S/C36H67NO2/c1-5-7-8-9-13-16-20-35(39-36(38)22-18-23-37(3)4)21-17-14-11-10-12-15-19-30-25-32(30)27-34-28-33(34)26-31-24-29(31)6-2/h29-35H,5-28H2,1-4H3.